The fourth-order valence-electron chi connectivity index (χ4n) is 4.13. The molecule has 16 heteroatoms. The molecule has 4 heterocycles. The van der Waals surface area contributed by atoms with Crippen LogP contribution < -0.4 is 9.62 Å². The standard InChI is InChI=1S/C21H23F2N9O3S2/c1-29(2)20(33)31-7-5-30(6-8-31)14-9-13(37(34,35)28-21(12-24)3-4-21)11-32-15(14)10-25-17(32)19-27-26-18(36-19)16(22)23/h9-11,16,28H,3-8H2,1-2H3. The predicted molar refractivity (Wildman–Crippen MR) is 130 cm³/mol. The number of amides is 2. The number of alkyl halides is 2. The van der Waals surface area contributed by atoms with Gasteiger partial charge in [-0.2, -0.15) is 9.98 Å². The van der Waals surface area contributed by atoms with Crippen LogP contribution in [0.5, 0.6) is 0 Å². The van der Waals surface area contributed by atoms with Crippen LogP contribution in [0.2, 0.25) is 0 Å². The molecule has 2 amide bonds. The number of hydrogen-bond acceptors (Lipinski definition) is 9. The van der Waals surface area contributed by atoms with Gasteiger partial charge in [0.2, 0.25) is 10.0 Å². The van der Waals surface area contributed by atoms with Crippen molar-refractivity contribution in [2.45, 2.75) is 29.7 Å². The number of nitriles is 1. The largest absolute Gasteiger partial charge is 0.366 e. The molecule has 3 aromatic rings. The molecule has 0 unspecified atom stereocenters. The van der Waals surface area contributed by atoms with Crippen LogP contribution in [0, 0.1) is 11.3 Å². The lowest BCUT2D eigenvalue weighted by Crippen LogP contribution is -2.51. The molecule has 0 atom stereocenters. The second-order valence-electron chi connectivity index (χ2n) is 9.09. The Morgan fingerprint density at radius 1 is 1.24 bits per heavy atom. The van der Waals surface area contributed by atoms with Gasteiger partial charge >= 0.3 is 6.03 Å². The van der Waals surface area contributed by atoms with Gasteiger partial charge in [-0.05, 0) is 18.9 Å². The molecule has 1 aliphatic carbocycles. The van der Waals surface area contributed by atoms with Crippen LogP contribution in [0.15, 0.2) is 23.4 Å². The maximum absolute atomic E-state index is 13.3. The quantitative estimate of drug-likeness (QED) is 0.490. The number of aromatic nitrogens is 4. The van der Waals surface area contributed by atoms with E-state index in [1.54, 1.807) is 19.0 Å². The smallest absolute Gasteiger partial charge is 0.319 e. The van der Waals surface area contributed by atoms with Gasteiger partial charge in [-0.3, -0.25) is 4.40 Å². The second-order valence-corrected chi connectivity index (χ2v) is 11.8. The van der Waals surface area contributed by atoms with E-state index in [1.165, 1.54) is 27.8 Å². The van der Waals surface area contributed by atoms with Crippen LogP contribution in [0.25, 0.3) is 16.3 Å². The monoisotopic (exact) mass is 551 g/mol. The Hall–Kier alpha value is -3.42. The van der Waals surface area contributed by atoms with Crippen molar-refractivity contribution >= 4 is 38.6 Å². The summed E-state index contributed by atoms with van der Waals surface area (Å²) in [6, 6.07) is 3.40. The molecule has 0 spiro atoms. The zero-order valence-corrected chi connectivity index (χ0v) is 21.6. The molecular formula is C21H23F2N9O3S2. The van der Waals surface area contributed by atoms with Crippen LogP contribution in [-0.2, 0) is 10.0 Å². The van der Waals surface area contributed by atoms with Crippen LogP contribution in [0.3, 0.4) is 0 Å². The molecule has 5 rings (SSSR count). The SMILES string of the molecule is CN(C)C(=O)N1CCN(c2cc(S(=O)(=O)NC3(C#N)CC3)cn3c(-c4nnc(C(F)F)s4)ncc23)CC1. The summed E-state index contributed by atoms with van der Waals surface area (Å²) < 4.78 is 56.8. The summed E-state index contributed by atoms with van der Waals surface area (Å²) in [5, 5.41) is 16.4. The van der Waals surface area contributed by atoms with Gasteiger partial charge in [0.05, 0.1) is 23.5 Å². The summed E-state index contributed by atoms with van der Waals surface area (Å²) >= 11 is 0.672. The first-order valence-electron chi connectivity index (χ1n) is 11.3. The van der Waals surface area contributed by atoms with E-state index in [-0.39, 0.29) is 21.8 Å². The first-order chi connectivity index (χ1) is 17.5. The molecule has 1 saturated heterocycles. The van der Waals surface area contributed by atoms with E-state index in [0.29, 0.717) is 61.6 Å². The van der Waals surface area contributed by atoms with Gasteiger partial charge in [-0.25, -0.2) is 27.0 Å². The molecule has 12 nitrogen and oxygen atoms in total. The number of nitrogens with zero attached hydrogens (tertiary/aromatic N) is 8. The van der Waals surface area contributed by atoms with Gasteiger partial charge < -0.3 is 14.7 Å². The number of anilines is 1. The first kappa shape index (κ1) is 25.2. The number of carbonyl (C=O) groups excluding carboxylic acids is 1. The number of carbonyl (C=O) groups is 1. The molecule has 3 aromatic heterocycles. The summed E-state index contributed by atoms with van der Waals surface area (Å²) in [4.78, 5) is 21.7. The van der Waals surface area contributed by atoms with Crippen molar-refractivity contribution in [3.05, 3.63) is 23.5 Å². The number of sulfonamides is 1. The second kappa shape index (κ2) is 9.15. The fourth-order valence-corrected chi connectivity index (χ4v) is 6.21. The van der Waals surface area contributed by atoms with E-state index in [2.05, 4.69) is 19.9 Å². The van der Waals surface area contributed by atoms with Crippen LogP contribution in [0.4, 0.5) is 19.3 Å². The van der Waals surface area contributed by atoms with E-state index in [1.807, 2.05) is 11.0 Å². The van der Waals surface area contributed by atoms with Crippen molar-refractivity contribution in [3.63, 3.8) is 0 Å². The number of pyridine rings is 1. The molecule has 196 valence electrons. The van der Waals surface area contributed by atoms with E-state index < -0.39 is 27.0 Å². The number of imidazole rings is 1. The lowest BCUT2D eigenvalue weighted by Gasteiger charge is -2.37. The zero-order chi connectivity index (χ0) is 26.5. The molecule has 1 N–H and O–H groups in total. The molecule has 2 aliphatic rings. The summed E-state index contributed by atoms with van der Waals surface area (Å²) in [5.41, 5.74) is -0.0505. The molecule has 0 aromatic carbocycles. The Labute approximate surface area is 215 Å². The minimum atomic E-state index is -4.11. The third-order valence-electron chi connectivity index (χ3n) is 6.29. The third-order valence-corrected chi connectivity index (χ3v) is 8.72. The van der Waals surface area contributed by atoms with Gasteiger partial charge in [0.25, 0.3) is 6.43 Å². The normalized spacial score (nSPS) is 17.3. The maximum atomic E-state index is 13.3. The van der Waals surface area contributed by atoms with Crippen LogP contribution >= 0.6 is 11.3 Å². The molecule has 37 heavy (non-hydrogen) atoms. The molecular weight excluding hydrogens is 528 g/mol. The Morgan fingerprint density at radius 2 is 1.95 bits per heavy atom. The van der Waals surface area contributed by atoms with Crippen molar-refractivity contribution in [2.75, 3.05) is 45.2 Å². The lowest BCUT2D eigenvalue weighted by atomic mass is 10.2. The highest BCUT2D eigenvalue weighted by Gasteiger charge is 2.47. The number of piperazine rings is 1. The highest BCUT2D eigenvalue weighted by molar-refractivity contribution is 7.89. The van der Waals surface area contributed by atoms with E-state index in [4.69, 9.17) is 0 Å². The molecule has 0 bridgehead atoms. The van der Waals surface area contributed by atoms with Gasteiger partial charge in [0, 0.05) is 46.5 Å². The first-order valence-corrected chi connectivity index (χ1v) is 13.6. The van der Waals surface area contributed by atoms with Crippen molar-refractivity contribution in [2.24, 2.45) is 0 Å². The molecule has 2 fully saturated rings. The third kappa shape index (κ3) is 4.69. The molecule has 0 radical (unpaired) electrons. The fraction of sp³-hybridized carbons (Fsp3) is 0.476. The van der Waals surface area contributed by atoms with E-state index in [0.717, 1.165) is 0 Å². The highest BCUT2D eigenvalue weighted by Crippen LogP contribution is 2.37. The summed E-state index contributed by atoms with van der Waals surface area (Å²) in [6.07, 6.45) is 0.892. The van der Waals surface area contributed by atoms with Crippen LogP contribution in [0.1, 0.15) is 24.3 Å². The predicted octanol–water partition coefficient (Wildman–Crippen LogP) is 1.93. The Kier molecular flexibility index (Phi) is 6.24. The average molecular weight is 552 g/mol. The number of hydrogen-bond donors (Lipinski definition) is 1. The Balaban J connectivity index is 1.57. The maximum Gasteiger partial charge on any atom is 0.319 e. The number of fused-ring (bicyclic) bond motifs is 1. The van der Waals surface area contributed by atoms with Crippen molar-refractivity contribution in [3.8, 4) is 16.9 Å². The van der Waals surface area contributed by atoms with Gasteiger partial charge in [-0.1, -0.05) is 11.3 Å². The van der Waals surface area contributed by atoms with Gasteiger partial charge in [-0.15, -0.1) is 10.2 Å². The van der Waals surface area contributed by atoms with Gasteiger partial charge in [0.1, 0.15) is 10.4 Å². The number of nitrogens with one attached hydrogen (secondary N) is 1. The molecule has 1 saturated carbocycles. The lowest BCUT2D eigenvalue weighted by molar-refractivity contribution is 0.150. The average Bonchev–Trinajstić information content (AvgIpc) is 3.26. The van der Waals surface area contributed by atoms with Gasteiger partial charge in [0.15, 0.2) is 15.8 Å². The zero-order valence-electron chi connectivity index (χ0n) is 19.9. The van der Waals surface area contributed by atoms with Crippen molar-refractivity contribution in [1.29, 1.82) is 5.26 Å². The topological polar surface area (TPSA) is 140 Å². The molecule has 1 aliphatic heterocycles. The van der Waals surface area contributed by atoms with E-state index in [9.17, 15) is 27.3 Å². The minimum Gasteiger partial charge on any atom is -0.366 e. The van der Waals surface area contributed by atoms with Crippen LogP contribution in [-0.4, -0.2) is 89.6 Å². The summed E-state index contributed by atoms with van der Waals surface area (Å²) in [7, 11) is -0.763. The summed E-state index contributed by atoms with van der Waals surface area (Å²) in [6.45, 7) is 1.71. The number of urea groups is 1. The van der Waals surface area contributed by atoms with Crippen molar-refractivity contribution in [1.82, 2.24) is 34.1 Å². The van der Waals surface area contributed by atoms with Crippen molar-refractivity contribution < 1.29 is 22.0 Å². The minimum absolute atomic E-state index is 0.110. The number of rotatable bonds is 6. The number of halogens is 2. The Bertz CT molecular complexity index is 1500. The summed E-state index contributed by atoms with van der Waals surface area (Å²) in [5.74, 6) is 0.167. The van der Waals surface area contributed by atoms with E-state index >= 15 is 0 Å². The highest BCUT2D eigenvalue weighted by atomic mass is 32.2. The Morgan fingerprint density at radius 3 is 2.51 bits per heavy atom.